The van der Waals surface area contributed by atoms with E-state index in [4.69, 9.17) is 83.1 Å². The number of hydrogen-bond donors (Lipinski definition) is 1. The quantitative estimate of drug-likeness (QED) is 0.147. The summed E-state index contributed by atoms with van der Waals surface area (Å²) in [4.78, 5) is 0. The van der Waals surface area contributed by atoms with Crippen molar-refractivity contribution in [3.8, 4) is 23.0 Å². The number of hydrogen-bond acceptors (Lipinski definition) is 6. The van der Waals surface area contributed by atoms with Crippen molar-refractivity contribution < 1.29 is 22.4 Å². The maximum Gasteiger partial charge on any atom is 0.545 e. The second kappa shape index (κ2) is 13.2. The Bertz CT molecular complexity index is 2120. The van der Waals surface area contributed by atoms with E-state index in [0.29, 0.717) is 37.5 Å². The van der Waals surface area contributed by atoms with Gasteiger partial charge in [-0.2, -0.15) is 0 Å². The van der Waals surface area contributed by atoms with Gasteiger partial charge >= 0.3 is 13.8 Å². The Morgan fingerprint density at radius 3 is 2.00 bits per heavy atom. The van der Waals surface area contributed by atoms with Crippen LogP contribution in [0.25, 0.3) is 22.4 Å². The number of benzene rings is 4. The van der Waals surface area contributed by atoms with Crippen LogP contribution in [0.2, 0.25) is 30.1 Å². The third kappa shape index (κ3) is 7.06. The van der Waals surface area contributed by atoms with Gasteiger partial charge in [0.15, 0.2) is 11.5 Å². The number of nitrogens with zero attached hydrogens (tertiary/aromatic N) is 3. The molecule has 46 heavy (non-hydrogen) atoms. The van der Waals surface area contributed by atoms with Crippen LogP contribution in [0.1, 0.15) is 11.1 Å². The summed E-state index contributed by atoms with van der Waals surface area (Å²) in [7, 11) is -4.47. The first-order chi connectivity index (χ1) is 21.9. The van der Waals surface area contributed by atoms with Crippen LogP contribution in [0.3, 0.4) is 0 Å². The number of anilines is 1. The van der Waals surface area contributed by atoms with Gasteiger partial charge in [0.25, 0.3) is 5.89 Å². The van der Waals surface area contributed by atoms with Gasteiger partial charge in [-0.15, -0.1) is 5.10 Å². The van der Waals surface area contributed by atoms with Gasteiger partial charge in [-0.1, -0.05) is 80.8 Å². The van der Waals surface area contributed by atoms with Crippen molar-refractivity contribution in [2.45, 2.75) is 13.5 Å². The fourth-order valence-corrected chi connectivity index (χ4v) is 7.37. The molecule has 4 aromatic carbocycles. The standard InChI is InChI=1S/C30H18Cl6FN4O4P/c1-15-13-41(14-16-2-3-17(31)8-23(16)34)28-21(15)11-20(37)12-22(28)29-38-39-30(43-29)40-46(42,44-26-6-4-18(32)9-24(26)35)45-27-7-5-19(33)10-25(27)36/h2-13H,14H2,1H3,(H,39,40,42). The fraction of sp³-hybridized carbons (Fsp3) is 0.0667. The summed E-state index contributed by atoms with van der Waals surface area (Å²) in [5.41, 5.74) is 2.44. The molecular weight excluding hydrogens is 743 g/mol. The zero-order chi connectivity index (χ0) is 32.7. The van der Waals surface area contributed by atoms with E-state index in [-0.39, 0.29) is 39.0 Å². The summed E-state index contributed by atoms with van der Waals surface area (Å²) in [5, 5.41) is 12.9. The lowest BCUT2D eigenvalue weighted by Crippen LogP contribution is -2.10. The van der Waals surface area contributed by atoms with Crippen LogP contribution < -0.4 is 14.1 Å². The molecular formula is C30H18Cl6FN4O4P. The molecule has 0 bridgehead atoms. The second-order valence-corrected chi connectivity index (χ2v) is 14.0. The first kappa shape index (κ1) is 32.8. The Morgan fingerprint density at radius 1 is 0.826 bits per heavy atom. The molecule has 2 aromatic heterocycles. The topological polar surface area (TPSA) is 91.4 Å². The molecule has 0 aliphatic rings. The SMILES string of the molecule is Cc1cn(Cc2ccc(Cl)cc2Cl)c2c(-c3nnc(NP(=O)(Oc4ccc(Cl)cc4Cl)Oc4ccc(Cl)cc4Cl)o3)cc(F)cc12. The van der Waals surface area contributed by atoms with Gasteiger partial charge in [0.05, 0.1) is 21.1 Å². The first-order valence-electron chi connectivity index (χ1n) is 13.1. The van der Waals surface area contributed by atoms with Gasteiger partial charge < -0.3 is 18.0 Å². The van der Waals surface area contributed by atoms with E-state index >= 15 is 0 Å². The van der Waals surface area contributed by atoms with E-state index in [2.05, 4.69) is 15.3 Å². The lowest BCUT2D eigenvalue weighted by Gasteiger charge is -2.20. The molecule has 1 N–H and O–H groups in total. The summed E-state index contributed by atoms with van der Waals surface area (Å²) < 4.78 is 48.3. The molecule has 0 saturated carbocycles. The average Bonchev–Trinajstić information content (AvgIpc) is 3.57. The molecule has 0 radical (unpaired) electrons. The molecule has 16 heteroatoms. The van der Waals surface area contributed by atoms with Crippen LogP contribution in [0.15, 0.2) is 77.3 Å². The summed E-state index contributed by atoms with van der Waals surface area (Å²) in [6.07, 6.45) is 1.86. The van der Waals surface area contributed by atoms with Gasteiger partial charge in [-0.25, -0.2) is 14.0 Å². The van der Waals surface area contributed by atoms with Gasteiger partial charge in [0.1, 0.15) is 5.82 Å². The largest absolute Gasteiger partial charge is 0.545 e. The molecule has 0 fully saturated rings. The third-order valence-corrected chi connectivity index (χ3v) is 9.59. The lowest BCUT2D eigenvalue weighted by molar-refractivity contribution is 0.390. The highest BCUT2D eigenvalue weighted by Gasteiger charge is 2.34. The number of fused-ring (bicyclic) bond motifs is 1. The highest BCUT2D eigenvalue weighted by atomic mass is 35.5. The van der Waals surface area contributed by atoms with Crippen LogP contribution in [-0.4, -0.2) is 14.8 Å². The average molecular weight is 761 g/mol. The van der Waals surface area contributed by atoms with Gasteiger partial charge in [0.2, 0.25) is 0 Å². The summed E-state index contributed by atoms with van der Waals surface area (Å²) in [5.74, 6) is -0.692. The second-order valence-electron chi connectivity index (χ2n) is 9.88. The summed E-state index contributed by atoms with van der Waals surface area (Å²) in [6.45, 7) is 2.18. The zero-order valence-corrected chi connectivity index (χ0v) is 28.6. The molecule has 6 rings (SSSR count). The number of aryl methyl sites for hydroxylation is 1. The zero-order valence-electron chi connectivity index (χ0n) is 23.2. The lowest BCUT2D eigenvalue weighted by atomic mass is 10.1. The van der Waals surface area contributed by atoms with Crippen LogP contribution in [-0.2, 0) is 11.1 Å². The third-order valence-electron chi connectivity index (χ3n) is 6.60. The van der Waals surface area contributed by atoms with E-state index in [0.717, 1.165) is 11.1 Å². The van der Waals surface area contributed by atoms with Crippen LogP contribution >= 0.6 is 77.4 Å². The van der Waals surface area contributed by atoms with Crippen LogP contribution in [0.4, 0.5) is 10.4 Å². The molecule has 2 heterocycles. The minimum Gasteiger partial charge on any atom is -0.403 e. The van der Waals surface area contributed by atoms with Gasteiger partial charge in [-0.05, 0) is 78.7 Å². The molecule has 0 atom stereocenters. The fourth-order valence-electron chi connectivity index (χ4n) is 4.61. The Kier molecular flexibility index (Phi) is 9.38. The molecule has 0 aliphatic carbocycles. The number of nitrogens with one attached hydrogen (secondary N) is 1. The normalized spacial score (nSPS) is 11.7. The van der Waals surface area contributed by atoms with E-state index in [1.807, 2.05) is 17.7 Å². The first-order valence-corrected chi connectivity index (χ1v) is 16.9. The molecule has 0 spiro atoms. The smallest absolute Gasteiger partial charge is 0.403 e. The molecule has 236 valence electrons. The highest BCUT2D eigenvalue weighted by molar-refractivity contribution is 7.56. The van der Waals surface area contributed by atoms with E-state index in [1.54, 1.807) is 18.2 Å². The van der Waals surface area contributed by atoms with Crippen molar-refractivity contribution in [2.24, 2.45) is 0 Å². The molecule has 0 saturated heterocycles. The van der Waals surface area contributed by atoms with Crippen molar-refractivity contribution in [3.05, 3.63) is 120 Å². The molecule has 6 aromatic rings. The van der Waals surface area contributed by atoms with Crippen molar-refractivity contribution in [1.82, 2.24) is 14.8 Å². The predicted molar refractivity (Wildman–Crippen MR) is 181 cm³/mol. The maximum atomic E-state index is 14.9. The van der Waals surface area contributed by atoms with Crippen LogP contribution in [0.5, 0.6) is 11.5 Å². The van der Waals surface area contributed by atoms with Crippen LogP contribution in [0, 0.1) is 12.7 Å². The summed E-state index contributed by atoms with van der Waals surface area (Å²) >= 11 is 37.1. The minimum absolute atomic E-state index is 0.0345. The molecule has 8 nitrogen and oxygen atoms in total. The highest BCUT2D eigenvalue weighted by Crippen LogP contribution is 2.51. The maximum absolute atomic E-state index is 14.9. The number of aromatic nitrogens is 3. The minimum atomic E-state index is -4.47. The number of rotatable bonds is 9. The summed E-state index contributed by atoms with van der Waals surface area (Å²) in [6, 6.07) is 16.0. The van der Waals surface area contributed by atoms with E-state index < -0.39 is 13.6 Å². The van der Waals surface area contributed by atoms with Crippen molar-refractivity contribution in [1.29, 1.82) is 0 Å². The van der Waals surface area contributed by atoms with Crippen molar-refractivity contribution in [2.75, 3.05) is 5.09 Å². The molecule has 0 unspecified atom stereocenters. The van der Waals surface area contributed by atoms with Crippen molar-refractivity contribution in [3.63, 3.8) is 0 Å². The van der Waals surface area contributed by atoms with Gasteiger partial charge in [0, 0.05) is 38.2 Å². The predicted octanol–water partition coefficient (Wildman–Crippen LogP) is 11.8. The Balaban J connectivity index is 1.38. The molecule has 0 aliphatic heterocycles. The van der Waals surface area contributed by atoms with E-state index in [1.165, 1.54) is 48.5 Å². The Labute approximate surface area is 291 Å². The Hall–Kier alpha value is -3.14. The van der Waals surface area contributed by atoms with Gasteiger partial charge in [-0.3, -0.25) is 0 Å². The van der Waals surface area contributed by atoms with E-state index in [9.17, 15) is 8.96 Å². The van der Waals surface area contributed by atoms with Crippen molar-refractivity contribution >= 4 is 94.3 Å². The Morgan fingerprint density at radius 2 is 1.41 bits per heavy atom. The monoisotopic (exact) mass is 758 g/mol. The molecule has 0 amide bonds. The number of halogens is 7.